The topological polar surface area (TPSA) is 46.9 Å². The molecule has 0 bridgehead atoms. The van der Waals surface area contributed by atoms with E-state index in [0.29, 0.717) is 13.0 Å². The normalized spacial score (nSPS) is 25.7. The molecule has 4 nitrogen and oxygen atoms in total. The number of piperidine rings is 1. The third kappa shape index (κ3) is 2.07. The van der Waals surface area contributed by atoms with Crippen molar-refractivity contribution >= 4 is 23.2 Å². The monoisotopic (exact) mass is 265 g/mol. The molecule has 0 aliphatic carbocycles. The largest absolute Gasteiger partial charge is 0.314 e. The van der Waals surface area contributed by atoms with Crippen LogP contribution in [0.2, 0.25) is 10.0 Å². The van der Waals surface area contributed by atoms with Crippen LogP contribution in [0, 0.1) is 0 Å². The number of halogens is 3. The first-order valence-corrected chi connectivity index (χ1v) is 5.64. The Balaban J connectivity index is 2.40. The van der Waals surface area contributed by atoms with Crippen LogP contribution in [0.5, 0.6) is 0 Å². The Kier molecular flexibility index (Phi) is 3.47. The molecule has 2 rings (SSSR count). The summed E-state index contributed by atoms with van der Waals surface area (Å²) in [6, 6.07) is -0.566. The van der Waals surface area contributed by atoms with Gasteiger partial charge in [0.05, 0.1) is 17.3 Å². The maximum atomic E-state index is 13.6. The van der Waals surface area contributed by atoms with Gasteiger partial charge in [-0.1, -0.05) is 23.2 Å². The number of alkyl halides is 1. The smallest absolute Gasteiger partial charge is 0.287 e. The molecule has 1 N–H and O–H groups in total. The molecule has 0 unspecified atom stereocenters. The lowest BCUT2D eigenvalue weighted by Gasteiger charge is -2.27. The highest BCUT2D eigenvalue weighted by atomic mass is 35.5. The van der Waals surface area contributed by atoms with Crippen molar-refractivity contribution in [1.29, 1.82) is 0 Å². The van der Waals surface area contributed by atoms with E-state index in [1.807, 2.05) is 0 Å². The second-order valence-corrected chi connectivity index (χ2v) is 4.42. The summed E-state index contributed by atoms with van der Waals surface area (Å²) in [6.45, 7) is 0.873. The van der Waals surface area contributed by atoms with Crippen molar-refractivity contribution < 1.29 is 4.39 Å². The number of nitrogens with zero attached hydrogens (tertiary/aromatic N) is 2. The van der Waals surface area contributed by atoms with Crippen LogP contribution in [0.3, 0.4) is 0 Å². The van der Waals surface area contributed by atoms with Crippen molar-refractivity contribution in [1.82, 2.24) is 15.1 Å². The minimum absolute atomic E-state index is 0.0901. The molecule has 2 heterocycles. The van der Waals surface area contributed by atoms with Gasteiger partial charge in [-0.3, -0.25) is 4.79 Å². The van der Waals surface area contributed by atoms with Gasteiger partial charge in [-0.15, -0.1) is 0 Å². The van der Waals surface area contributed by atoms with Crippen LogP contribution in [0.4, 0.5) is 4.39 Å². The summed E-state index contributed by atoms with van der Waals surface area (Å²) in [6.07, 6.45) is 0.628. The molecular formula is C9H10Cl2FN3O. The summed E-state index contributed by atoms with van der Waals surface area (Å²) in [4.78, 5) is 11.7. The molecule has 1 aromatic heterocycles. The summed E-state index contributed by atoms with van der Waals surface area (Å²) < 4.78 is 14.7. The van der Waals surface area contributed by atoms with E-state index in [4.69, 9.17) is 23.2 Å². The lowest BCUT2D eigenvalue weighted by atomic mass is 10.1. The highest BCUT2D eigenvalue weighted by Crippen LogP contribution is 2.21. The molecule has 88 valence electrons. The van der Waals surface area contributed by atoms with Gasteiger partial charge >= 0.3 is 0 Å². The average molecular weight is 266 g/mol. The fourth-order valence-corrected chi connectivity index (χ4v) is 2.00. The van der Waals surface area contributed by atoms with Crippen LogP contribution in [-0.2, 0) is 0 Å². The van der Waals surface area contributed by atoms with Crippen LogP contribution < -0.4 is 10.9 Å². The fraction of sp³-hybridized carbons (Fsp3) is 0.556. The van der Waals surface area contributed by atoms with Gasteiger partial charge in [-0.05, 0) is 13.0 Å². The lowest BCUT2D eigenvalue weighted by molar-refractivity contribution is 0.168. The maximum absolute atomic E-state index is 13.6. The standard InChI is InChI=1S/C9H10Cl2FN3O/c10-5-3-14-15(9(16)8(5)11)7-1-2-13-4-6(7)12/h3,6-7,13H,1-2,4H2/t6-,7-/m1/s1. The van der Waals surface area contributed by atoms with E-state index in [2.05, 4.69) is 10.4 Å². The number of rotatable bonds is 1. The second-order valence-electron chi connectivity index (χ2n) is 3.63. The Hall–Kier alpha value is -0.650. The van der Waals surface area contributed by atoms with Crippen LogP contribution >= 0.6 is 23.2 Å². The Morgan fingerprint density at radius 3 is 3.00 bits per heavy atom. The minimum atomic E-state index is -1.14. The molecule has 0 aromatic carbocycles. The Bertz CT molecular complexity index is 451. The Morgan fingerprint density at radius 1 is 1.56 bits per heavy atom. The van der Waals surface area contributed by atoms with Gasteiger partial charge in [0.25, 0.3) is 5.56 Å². The number of nitrogens with one attached hydrogen (secondary N) is 1. The summed E-state index contributed by atoms with van der Waals surface area (Å²) in [5.74, 6) is 0. The van der Waals surface area contributed by atoms with Crippen LogP contribution in [0.25, 0.3) is 0 Å². The predicted molar refractivity (Wildman–Crippen MR) is 59.9 cm³/mol. The van der Waals surface area contributed by atoms with E-state index < -0.39 is 17.8 Å². The molecule has 1 saturated heterocycles. The summed E-state index contributed by atoms with van der Waals surface area (Å²) in [5.41, 5.74) is -0.538. The summed E-state index contributed by atoms with van der Waals surface area (Å²) >= 11 is 11.4. The third-order valence-electron chi connectivity index (χ3n) is 2.59. The SMILES string of the molecule is O=c1c(Cl)c(Cl)cnn1[C@@H]1CCNC[C@H]1F. The van der Waals surface area contributed by atoms with Gasteiger partial charge < -0.3 is 5.32 Å². The molecule has 1 fully saturated rings. The molecule has 2 atom stereocenters. The van der Waals surface area contributed by atoms with Gasteiger partial charge in [-0.25, -0.2) is 9.07 Å². The molecular weight excluding hydrogens is 256 g/mol. The zero-order valence-corrected chi connectivity index (χ0v) is 9.80. The van der Waals surface area contributed by atoms with Crippen molar-refractivity contribution in [2.24, 2.45) is 0 Å². The highest BCUT2D eigenvalue weighted by Gasteiger charge is 2.28. The number of aromatic nitrogens is 2. The van der Waals surface area contributed by atoms with E-state index in [0.717, 1.165) is 4.68 Å². The molecule has 7 heteroatoms. The van der Waals surface area contributed by atoms with E-state index in [1.165, 1.54) is 6.20 Å². The molecule has 1 aliphatic rings. The van der Waals surface area contributed by atoms with Gasteiger partial charge in [-0.2, -0.15) is 5.10 Å². The molecule has 0 radical (unpaired) electrons. The second kappa shape index (κ2) is 4.69. The Morgan fingerprint density at radius 2 is 2.31 bits per heavy atom. The van der Waals surface area contributed by atoms with E-state index in [-0.39, 0.29) is 16.6 Å². The van der Waals surface area contributed by atoms with Crippen LogP contribution in [0.1, 0.15) is 12.5 Å². The minimum Gasteiger partial charge on any atom is -0.314 e. The number of hydrogen-bond acceptors (Lipinski definition) is 3. The van der Waals surface area contributed by atoms with Crippen molar-refractivity contribution in [3.8, 4) is 0 Å². The fourth-order valence-electron chi connectivity index (χ4n) is 1.74. The molecule has 1 aliphatic heterocycles. The van der Waals surface area contributed by atoms with Gasteiger partial charge in [0.1, 0.15) is 11.2 Å². The quantitative estimate of drug-likeness (QED) is 0.836. The zero-order valence-electron chi connectivity index (χ0n) is 8.29. The van der Waals surface area contributed by atoms with E-state index >= 15 is 0 Å². The van der Waals surface area contributed by atoms with Crippen LogP contribution in [0.15, 0.2) is 11.0 Å². The average Bonchev–Trinajstić information content (AvgIpc) is 2.28. The molecule has 0 saturated carbocycles. The van der Waals surface area contributed by atoms with Crippen molar-refractivity contribution in [2.75, 3.05) is 13.1 Å². The van der Waals surface area contributed by atoms with Crippen LogP contribution in [-0.4, -0.2) is 29.0 Å². The first kappa shape index (κ1) is 11.8. The van der Waals surface area contributed by atoms with E-state index in [1.54, 1.807) is 0 Å². The van der Waals surface area contributed by atoms with Crippen molar-refractivity contribution in [2.45, 2.75) is 18.6 Å². The number of hydrogen-bond donors (Lipinski definition) is 1. The van der Waals surface area contributed by atoms with Crippen molar-refractivity contribution in [3.63, 3.8) is 0 Å². The maximum Gasteiger partial charge on any atom is 0.287 e. The first-order valence-electron chi connectivity index (χ1n) is 4.89. The summed E-state index contributed by atoms with van der Waals surface area (Å²) in [7, 11) is 0. The molecule has 16 heavy (non-hydrogen) atoms. The van der Waals surface area contributed by atoms with Gasteiger partial charge in [0.15, 0.2) is 0 Å². The molecule has 0 spiro atoms. The first-order chi connectivity index (χ1) is 7.61. The lowest BCUT2D eigenvalue weighted by Crippen LogP contribution is -2.43. The zero-order chi connectivity index (χ0) is 11.7. The van der Waals surface area contributed by atoms with Gasteiger partial charge in [0, 0.05) is 6.54 Å². The van der Waals surface area contributed by atoms with E-state index in [9.17, 15) is 9.18 Å². The highest BCUT2D eigenvalue weighted by molar-refractivity contribution is 6.41. The summed E-state index contributed by atoms with van der Waals surface area (Å²) in [5, 5.41) is 6.72. The Labute approximate surface area is 101 Å². The predicted octanol–water partition coefficient (Wildman–Crippen LogP) is 1.42. The molecule has 0 amide bonds. The third-order valence-corrected chi connectivity index (χ3v) is 3.34. The van der Waals surface area contributed by atoms with Gasteiger partial charge in [0.2, 0.25) is 0 Å². The molecule has 1 aromatic rings. The van der Waals surface area contributed by atoms with Crippen molar-refractivity contribution in [3.05, 3.63) is 26.6 Å².